The first kappa shape index (κ1) is 13.9. The number of fused-ring (bicyclic) bond motifs is 1. The van der Waals surface area contributed by atoms with E-state index in [2.05, 4.69) is 24.5 Å². The normalized spacial score (nSPS) is 18.9. The summed E-state index contributed by atoms with van der Waals surface area (Å²) in [5.41, 5.74) is 8.51. The zero-order chi connectivity index (χ0) is 14.3. The van der Waals surface area contributed by atoms with Gasteiger partial charge in [0.15, 0.2) is 0 Å². The van der Waals surface area contributed by atoms with E-state index in [1.54, 1.807) is 0 Å². The molecule has 2 aromatic rings. The van der Waals surface area contributed by atoms with Crippen LogP contribution in [0.3, 0.4) is 0 Å². The number of nitrogens with zero attached hydrogens (tertiary/aromatic N) is 2. The first-order valence-corrected chi connectivity index (χ1v) is 7.86. The molecule has 1 aromatic heterocycles. The fourth-order valence-corrected chi connectivity index (χ4v) is 3.52. The third-order valence-electron chi connectivity index (χ3n) is 4.36. The van der Waals surface area contributed by atoms with Crippen LogP contribution < -0.4 is 5.73 Å². The van der Waals surface area contributed by atoms with Gasteiger partial charge in [-0.3, -0.25) is 0 Å². The van der Waals surface area contributed by atoms with E-state index < -0.39 is 0 Å². The molecule has 0 saturated heterocycles. The molecule has 0 atom stereocenters. The molecule has 0 radical (unpaired) electrons. The molecule has 1 heterocycles. The van der Waals surface area contributed by atoms with Crippen LogP contribution in [-0.2, 0) is 5.54 Å². The van der Waals surface area contributed by atoms with Crippen LogP contribution >= 0.6 is 11.6 Å². The van der Waals surface area contributed by atoms with Gasteiger partial charge in [0.05, 0.1) is 16.6 Å². The van der Waals surface area contributed by atoms with Crippen LogP contribution in [-0.4, -0.2) is 9.55 Å². The van der Waals surface area contributed by atoms with Crippen LogP contribution in [0.2, 0.25) is 5.02 Å². The summed E-state index contributed by atoms with van der Waals surface area (Å²) >= 11 is 6.10. The Morgan fingerprint density at radius 2 is 1.95 bits per heavy atom. The molecule has 1 aliphatic rings. The fraction of sp³-hybridized carbons (Fsp3) is 0.562. The van der Waals surface area contributed by atoms with Gasteiger partial charge in [0.2, 0.25) is 0 Å². The van der Waals surface area contributed by atoms with Gasteiger partial charge in [-0.15, -0.1) is 0 Å². The highest BCUT2D eigenvalue weighted by molar-refractivity contribution is 6.31. The molecule has 1 saturated carbocycles. The smallest absolute Gasteiger partial charge is 0.130 e. The Hall–Kier alpha value is -1.06. The Morgan fingerprint density at radius 3 is 2.60 bits per heavy atom. The standard InChI is InChI=1S/C16H22ClN3/c1-11(2)20-14-7-6-12(17)10-13(14)19-15(20)16(18)8-4-3-5-9-16/h6-7,10-11H,3-5,8-9,18H2,1-2H3. The van der Waals surface area contributed by atoms with E-state index in [0.29, 0.717) is 6.04 Å². The summed E-state index contributed by atoms with van der Waals surface area (Å²) in [5.74, 6) is 1.03. The van der Waals surface area contributed by atoms with E-state index in [-0.39, 0.29) is 5.54 Å². The van der Waals surface area contributed by atoms with Gasteiger partial charge >= 0.3 is 0 Å². The Kier molecular flexibility index (Phi) is 3.51. The first-order chi connectivity index (χ1) is 9.51. The average molecular weight is 292 g/mol. The largest absolute Gasteiger partial charge is 0.324 e. The van der Waals surface area contributed by atoms with Crippen molar-refractivity contribution >= 4 is 22.6 Å². The maximum Gasteiger partial charge on any atom is 0.130 e. The van der Waals surface area contributed by atoms with Crippen molar-refractivity contribution in [2.75, 3.05) is 0 Å². The Bertz CT molecular complexity index is 624. The lowest BCUT2D eigenvalue weighted by Gasteiger charge is -2.34. The highest BCUT2D eigenvalue weighted by Gasteiger charge is 2.35. The summed E-state index contributed by atoms with van der Waals surface area (Å²) in [5, 5.41) is 0.729. The maximum absolute atomic E-state index is 6.70. The van der Waals surface area contributed by atoms with Crippen molar-refractivity contribution in [3.8, 4) is 0 Å². The summed E-state index contributed by atoms with van der Waals surface area (Å²) in [4.78, 5) is 4.84. The van der Waals surface area contributed by atoms with E-state index in [1.165, 1.54) is 19.3 Å². The predicted octanol–water partition coefficient (Wildman–Crippen LogP) is 4.39. The molecule has 3 rings (SSSR count). The number of aromatic nitrogens is 2. The number of benzene rings is 1. The van der Waals surface area contributed by atoms with Crippen molar-refractivity contribution in [3.63, 3.8) is 0 Å². The highest BCUT2D eigenvalue weighted by atomic mass is 35.5. The van der Waals surface area contributed by atoms with Gasteiger partial charge in [-0.05, 0) is 44.9 Å². The van der Waals surface area contributed by atoms with E-state index >= 15 is 0 Å². The monoisotopic (exact) mass is 291 g/mol. The average Bonchev–Trinajstić information content (AvgIpc) is 2.78. The number of imidazole rings is 1. The summed E-state index contributed by atoms with van der Waals surface area (Å²) in [6, 6.07) is 6.27. The zero-order valence-corrected chi connectivity index (χ0v) is 13.0. The van der Waals surface area contributed by atoms with E-state index in [0.717, 1.165) is 34.7 Å². The van der Waals surface area contributed by atoms with Gasteiger partial charge in [-0.25, -0.2) is 4.98 Å². The predicted molar refractivity (Wildman–Crippen MR) is 84.1 cm³/mol. The molecule has 4 heteroatoms. The van der Waals surface area contributed by atoms with Crippen LogP contribution in [0.4, 0.5) is 0 Å². The molecule has 1 aliphatic carbocycles. The van der Waals surface area contributed by atoms with E-state index in [1.807, 2.05) is 12.1 Å². The molecule has 108 valence electrons. The van der Waals surface area contributed by atoms with Crippen LogP contribution in [0.5, 0.6) is 0 Å². The maximum atomic E-state index is 6.70. The number of halogens is 1. The second kappa shape index (κ2) is 5.05. The molecule has 0 unspecified atom stereocenters. The molecule has 20 heavy (non-hydrogen) atoms. The van der Waals surface area contributed by atoms with Gasteiger partial charge < -0.3 is 10.3 Å². The lowest BCUT2D eigenvalue weighted by Crippen LogP contribution is -2.41. The molecule has 0 bridgehead atoms. The number of hydrogen-bond donors (Lipinski definition) is 1. The Morgan fingerprint density at radius 1 is 1.25 bits per heavy atom. The minimum absolute atomic E-state index is 0.284. The summed E-state index contributed by atoms with van der Waals surface area (Å²) in [6.07, 6.45) is 5.72. The quantitative estimate of drug-likeness (QED) is 0.892. The van der Waals surface area contributed by atoms with E-state index in [9.17, 15) is 0 Å². The molecule has 3 nitrogen and oxygen atoms in total. The van der Waals surface area contributed by atoms with Crippen molar-refractivity contribution < 1.29 is 0 Å². The number of rotatable bonds is 2. The van der Waals surface area contributed by atoms with Gasteiger partial charge in [-0.1, -0.05) is 30.9 Å². The first-order valence-electron chi connectivity index (χ1n) is 7.48. The second-order valence-corrected chi connectivity index (χ2v) is 6.69. The Balaban J connectivity index is 2.21. The van der Waals surface area contributed by atoms with Crippen molar-refractivity contribution in [1.29, 1.82) is 0 Å². The Labute approximate surface area is 125 Å². The number of hydrogen-bond acceptors (Lipinski definition) is 2. The van der Waals surface area contributed by atoms with Gasteiger partial charge in [-0.2, -0.15) is 0 Å². The highest BCUT2D eigenvalue weighted by Crippen LogP contribution is 2.37. The molecule has 1 aromatic carbocycles. The topological polar surface area (TPSA) is 43.8 Å². The molecular weight excluding hydrogens is 270 g/mol. The van der Waals surface area contributed by atoms with Crippen LogP contribution in [0.1, 0.15) is 57.8 Å². The van der Waals surface area contributed by atoms with Crippen LogP contribution in [0.25, 0.3) is 11.0 Å². The molecule has 0 aliphatic heterocycles. The minimum atomic E-state index is -0.284. The van der Waals surface area contributed by atoms with Crippen molar-refractivity contribution in [1.82, 2.24) is 9.55 Å². The SMILES string of the molecule is CC(C)n1c(C2(N)CCCCC2)nc2cc(Cl)ccc21. The zero-order valence-electron chi connectivity index (χ0n) is 12.2. The van der Waals surface area contributed by atoms with Crippen LogP contribution in [0.15, 0.2) is 18.2 Å². The second-order valence-electron chi connectivity index (χ2n) is 6.25. The van der Waals surface area contributed by atoms with Gasteiger partial charge in [0.1, 0.15) is 5.82 Å². The summed E-state index contributed by atoms with van der Waals surface area (Å²) in [7, 11) is 0. The molecule has 1 fully saturated rings. The lowest BCUT2D eigenvalue weighted by atomic mass is 9.82. The van der Waals surface area contributed by atoms with Gasteiger partial charge in [0, 0.05) is 11.1 Å². The molecule has 0 spiro atoms. The van der Waals surface area contributed by atoms with Crippen molar-refractivity contribution in [2.24, 2.45) is 5.73 Å². The van der Waals surface area contributed by atoms with Crippen LogP contribution in [0, 0.1) is 0 Å². The lowest BCUT2D eigenvalue weighted by molar-refractivity contribution is 0.275. The van der Waals surface area contributed by atoms with Crippen molar-refractivity contribution in [3.05, 3.63) is 29.0 Å². The summed E-state index contributed by atoms with van der Waals surface area (Å²) in [6.45, 7) is 4.37. The van der Waals surface area contributed by atoms with Crippen molar-refractivity contribution in [2.45, 2.75) is 57.5 Å². The number of nitrogens with two attached hydrogens (primary N) is 1. The molecular formula is C16H22ClN3. The van der Waals surface area contributed by atoms with E-state index in [4.69, 9.17) is 22.3 Å². The minimum Gasteiger partial charge on any atom is -0.324 e. The molecule has 2 N–H and O–H groups in total. The molecule has 0 amide bonds. The summed E-state index contributed by atoms with van der Waals surface area (Å²) < 4.78 is 2.29. The third kappa shape index (κ3) is 2.23. The third-order valence-corrected chi connectivity index (χ3v) is 4.59. The van der Waals surface area contributed by atoms with Gasteiger partial charge in [0.25, 0.3) is 0 Å². The fourth-order valence-electron chi connectivity index (χ4n) is 3.35.